The van der Waals surface area contributed by atoms with Crippen LogP contribution in [0.4, 0.5) is 31.1 Å². The maximum Gasteiger partial charge on any atom is 0.416 e. The summed E-state index contributed by atoms with van der Waals surface area (Å²) in [5, 5.41) is 2.78. The fourth-order valence-corrected chi connectivity index (χ4v) is 6.10. The van der Waals surface area contributed by atoms with Crippen LogP contribution in [0, 0.1) is 0 Å². The van der Waals surface area contributed by atoms with Gasteiger partial charge in [-0.05, 0) is 29.3 Å². The second kappa shape index (κ2) is 15.0. The van der Waals surface area contributed by atoms with E-state index in [-0.39, 0.29) is 38.7 Å². The van der Waals surface area contributed by atoms with Crippen LogP contribution in [0.1, 0.15) is 35.1 Å². The number of morpholine rings is 1. The van der Waals surface area contributed by atoms with Crippen molar-refractivity contribution in [3.8, 4) is 0 Å². The van der Waals surface area contributed by atoms with E-state index < -0.39 is 78.1 Å². The predicted molar refractivity (Wildman–Crippen MR) is 159 cm³/mol. The Hall–Kier alpha value is -4.38. The number of fused-ring (bicyclic) bond motifs is 1. The summed E-state index contributed by atoms with van der Waals surface area (Å²) in [7, 11) is 0. The summed E-state index contributed by atoms with van der Waals surface area (Å²) >= 11 is 0. The molecule has 0 saturated carbocycles. The first-order valence-electron chi connectivity index (χ1n) is 15.6. The Balaban J connectivity index is 1.34. The van der Waals surface area contributed by atoms with Crippen molar-refractivity contribution >= 4 is 23.8 Å². The monoisotopic (exact) mass is 699 g/mol. The molecule has 4 amide bonds. The van der Waals surface area contributed by atoms with Gasteiger partial charge in [-0.1, -0.05) is 30.3 Å². The summed E-state index contributed by atoms with van der Waals surface area (Å²) in [6, 6.07) is 8.47. The highest BCUT2D eigenvalue weighted by molar-refractivity contribution is 5.94. The van der Waals surface area contributed by atoms with E-state index in [0.29, 0.717) is 45.0 Å². The van der Waals surface area contributed by atoms with Crippen molar-refractivity contribution in [2.24, 2.45) is 0 Å². The fraction of sp³-hybridized carbons (Fsp3) is 0.500. The number of ether oxygens (including phenoxy) is 2. The van der Waals surface area contributed by atoms with Crippen molar-refractivity contribution in [1.82, 2.24) is 24.9 Å². The third-order valence-electron chi connectivity index (χ3n) is 8.54. The molecule has 0 aliphatic carbocycles. The topological polar surface area (TPSA) is 112 Å². The number of nitrogens with one attached hydrogen (secondary N) is 1. The molecule has 3 aliphatic heterocycles. The Kier molecular flexibility index (Phi) is 11.0. The minimum Gasteiger partial charge on any atom is -0.444 e. The van der Waals surface area contributed by atoms with Gasteiger partial charge in [0, 0.05) is 45.7 Å². The smallest absolute Gasteiger partial charge is 0.416 e. The highest BCUT2D eigenvalue weighted by Crippen LogP contribution is 2.37. The zero-order chi connectivity index (χ0) is 35.3. The summed E-state index contributed by atoms with van der Waals surface area (Å²) in [5.41, 5.74) is -2.93. The molecule has 3 fully saturated rings. The molecule has 2 atom stereocenters. The number of carbonyl (C=O) groups excluding carboxylic acids is 4. The predicted octanol–water partition coefficient (Wildman–Crippen LogP) is 3.47. The number of rotatable bonds is 9. The Bertz CT molecular complexity index is 1490. The number of hydrogen-bond acceptors (Lipinski definition) is 7. The van der Waals surface area contributed by atoms with Crippen LogP contribution < -0.4 is 5.32 Å². The van der Waals surface area contributed by atoms with Gasteiger partial charge in [0.1, 0.15) is 18.8 Å². The van der Waals surface area contributed by atoms with E-state index in [2.05, 4.69) is 10.2 Å². The Morgan fingerprint density at radius 3 is 2.18 bits per heavy atom. The van der Waals surface area contributed by atoms with Gasteiger partial charge in [-0.15, -0.1) is 0 Å². The van der Waals surface area contributed by atoms with Gasteiger partial charge in [-0.2, -0.15) is 26.3 Å². The lowest BCUT2D eigenvalue weighted by Crippen LogP contribution is -2.71. The molecule has 3 heterocycles. The molecular formula is C32H35F6N5O6. The Morgan fingerprint density at radius 2 is 1.55 bits per heavy atom. The third kappa shape index (κ3) is 9.00. The molecule has 266 valence electrons. The van der Waals surface area contributed by atoms with Gasteiger partial charge in [-0.25, -0.2) is 4.79 Å². The molecule has 11 nitrogen and oxygen atoms in total. The molecule has 2 aromatic rings. The molecule has 5 rings (SSSR count). The minimum absolute atomic E-state index is 0.0290. The molecule has 0 bridgehead atoms. The van der Waals surface area contributed by atoms with Gasteiger partial charge in [0.05, 0.1) is 37.3 Å². The van der Waals surface area contributed by atoms with Crippen LogP contribution in [0.2, 0.25) is 0 Å². The summed E-state index contributed by atoms with van der Waals surface area (Å²) in [4.78, 5) is 59.3. The zero-order valence-electron chi connectivity index (χ0n) is 26.3. The first-order valence-corrected chi connectivity index (χ1v) is 15.6. The van der Waals surface area contributed by atoms with E-state index in [9.17, 15) is 45.5 Å². The quantitative estimate of drug-likeness (QED) is 0.400. The zero-order valence-corrected chi connectivity index (χ0v) is 26.3. The van der Waals surface area contributed by atoms with Crippen LogP contribution in [0.5, 0.6) is 0 Å². The highest BCUT2D eigenvalue weighted by Gasteiger charge is 2.50. The first kappa shape index (κ1) is 35.9. The van der Waals surface area contributed by atoms with Crippen molar-refractivity contribution in [3.05, 3.63) is 70.8 Å². The molecule has 1 N–H and O–H groups in total. The molecule has 0 unspecified atom stereocenters. The summed E-state index contributed by atoms with van der Waals surface area (Å²) < 4.78 is 90.7. The number of nitrogens with zero attached hydrogens (tertiary/aromatic N) is 4. The molecule has 49 heavy (non-hydrogen) atoms. The number of amides is 4. The molecule has 0 radical (unpaired) electrons. The van der Waals surface area contributed by atoms with Gasteiger partial charge < -0.3 is 24.6 Å². The summed E-state index contributed by atoms with van der Waals surface area (Å²) in [5.74, 6) is -1.51. The maximum atomic E-state index is 13.8. The van der Waals surface area contributed by atoms with Crippen LogP contribution in [-0.4, -0.2) is 108 Å². The largest absolute Gasteiger partial charge is 0.444 e. The second-order valence-electron chi connectivity index (χ2n) is 11.9. The van der Waals surface area contributed by atoms with Gasteiger partial charge in [-0.3, -0.25) is 24.2 Å². The number of carbonyl (C=O) groups is 4. The lowest BCUT2D eigenvalue weighted by Gasteiger charge is -2.51. The molecule has 2 aromatic carbocycles. The number of alkyl halides is 6. The third-order valence-corrected chi connectivity index (χ3v) is 8.54. The number of halogens is 6. The van der Waals surface area contributed by atoms with Gasteiger partial charge in [0.25, 0.3) is 0 Å². The van der Waals surface area contributed by atoms with Crippen molar-refractivity contribution < 1.29 is 55.0 Å². The van der Waals surface area contributed by atoms with Crippen LogP contribution >= 0.6 is 0 Å². The molecule has 0 aromatic heterocycles. The second-order valence-corrected chi connectivity index (χ2v) is 11.9. The Morgan fingerprint density at radius 1 is 0.898 bits per heavy atom. The average Bonchev–Trinajstić information content (AvgIpc) is 3.05. The van der Waals surface area contributed by atoms with E-state index >= 15 is 0 Å². The van der Waals surface area contributed by atoms with E-state index in [4.69, 9.17) is 9.47 Å². The normalized spacial score (nSPS) is 20.7. The highest BCUT2D eigenvalue weighted by atomic mass is 19.4. The van der Waals surface area contributed by atoms with Gasteiger partial charge in [0.2, 0.25) is 17.7 Å². The van der Waals surface area contributed by atoms with Gasteiger partial charge in [0.15, 0.2) is 0 Å². The summed E-state index contributed by atoms with van der Waals surface area (Å²) in [6.07, 6.45) is -13.1. The fourth-order valence-electron chi connectivity index (χ4n) is 6.10. The number of hydrogen-bond donors (Lipinski definition) is 1. The van der Waals surface area contributed by atoms with Crippen LogP contribution in [0.15, 0.2) is 48.5 Å². The van der Waals surface area contributed by atoms with E-state index in [0.717, 1.165) is 15.4 Å². The van der Waals surface area contributed by atoms with Crippen molar-refractivity contribution in [1.29, 1.82) is 0 Å². The average molecular weight is 700 g/mol. The van der Waals surface area contributed by atoms with Crippen LogP contribution in [0.25, 0.3) is 0 Å². The van der Waals surface area contributed by atoms with Crippen molar-refractivity contribution in [2.75, 3.05) is 52.5 Å². The van der Waals surface area contributed by atoms with Gasteiger partial charge >= 0.3 is 18.4 Å². The summed E-state index contributed by atoms with van der Waals surface area (Å²) in [6.45, 7) is 2.19. The molecule has 0 spiro atoms. The van der Waals surface area contributed by atoms with Crippen LogP contribution in [0.3, 0.4) is 0 Å². The number of benzene rings is 2. The van der Waals surface area contributed by atoms with Crippen molar-refractivity contribution in [2.45, 2.75) is 50.6 Å². The molecule has 3 saturated heterocycles. The maximum absolute atomic E-state index is 13.8. The lowest BCUT2D eigenvalue weighted by molar-refractivity contribution is -0.169. The first-order chi connectivity index (χ1) is 23.2. The lowest BCUT2D eigenvalue weighted by atomic mass is 10.0. The van der Waals surface area contributed by atoms with E-state index in [1.54, 1.807) is 30.3 Å². The van der Waals surface area contributed by atoms with E-state index in [1.807, 2.05) is 0 Å². The number of piperazine rings is 1. The molecule has 17 heteroatoms. The Labute approximate surface area is 277 Å². The minimum atomic E-state index is -5.09. The molecule has 3 aliphatic rings. The van der Waals surface area contributed by atoms with Crippen molar-refractivity contribution in [3.63, 3.8) is 0 Å². The van der Waals surface area contributed by atoms with E-state index in [1.165, 1.54) is 4.90 Å². The van der Waals surface area contributed by atoms with Crippen LogP contribution in [-0.2, 0) is 49.4 Å². The standard InChI is InChI=1S/C32H35F6N5O6/c33-31(34,35)23-14-22(15-24(16-23)32(36,37)38)20-49-30(47)42-8-6-28(45)43-25(17-26(44)39-7-9-40-10-12-48-13-11-40)29(46)41(19-27(42)43)18-21-4-2-1-3-5-21/h1-5,14-16,25,27H,6-13,17-20H2,(H,39,44)/t25-,27+/m0/s1. The molecular weight excluding hydrogens is 664 g/mol. The SMILES string of the molecule is O=C(C[C@H]1C(=O)N(Cc2ccccc2)C[C@@H]2N(C(=O)OCc3cc(C(F)(F)F)cc(C(F)(F)F)c3)CCC(=O)N21)NCCN1CCOCC1.